The van der Waals surface area contributed by atoms with Crippen molar-refractivity contribution >= 4 is 21.6 Å². The number of anilines is 1. The van der Waals surface area contributed by atoms with Crippen molar-refractivity contribution in [1.82, 2.24) is 5.32 Å². The number of aryl methyl sites for hydroxylation is 3. The van der Waals surface area contributed by atoms with Crippen LogP contribution in [0.15, 0.2) is 42.5 Å². The Balaban J connectivity index is 1.97. The van der Waals surface area contributed by atoms with E-state index in [0.717, 1.165) is 16.7 Å². The molecular formula is C22H30N2O3S. The van der Waals surface area contributed by atoms with Crippen molar-refractivity contribution in [3.8, 4) is 0 Å². The lowest BCUT2D eigenvalue weighted by molar-refractivity contribution is -0.121. The van der Waals surface area contributed by atoms with Crippen LogP contribution < -0.4 is 9.62 Å². The van der Waals surface area contributed by atoms with E-state index in [1.807, 2.05) is 58.0 Å². The number of sulfonamides is 1. The first kappa shape index (κ1) is 22.0. The highest BCUT2D eigenvalue weighted by molar-refractivity contribution is 7.92. The van der Waals surface area contributed by atoms with E-state index in [4.69, 9.17) is 0 Å². The number of para-hydroxylation sites is 1. The Bertz CT molecular complexity index is 939. The molecule has 0 saturated carbocycles. The van der Waals surface area contributed by atoms with E-state index in [0.29, 0.717) is 12.1 Å². The lowest BCUT2D eigenvalue weighted by Gasteiger charge is -2.24. The highest BCUT2D eigenvalue weighted by atomic mass is 32.2. The Kier molecular flexibility index (Phi) is 7.24. The lowest BCUT2D eigenvalue weighted by atomic mass is 10.00. The second kappa shape index (κ2) is 9.24. The minimum atomic E-state index is -3.41. The second-order valence-corrected chi connectivity index (χ2v) is 9.28. The number of hydrogen-bond acceptors (Lipinski definition) is 3. The molecule has 2 aromatic carbocycles. The van der Waals surface area contributed by atoms with Gasteiger partial charge in [0.1, 0.15) is 0 Å². The molecule has 2 aromatic rings. The maximum absolute atomic E-state index is 12.4. The SMILES string of the molecule is Cc1ccc(C(C)NC(=O)CCCN(c2ccccc2C)S(C)(=O)=O)c(C)c1. The summed E-state index contributed by atoms with van der Waals surface area (Å²) in [6.45, 7) is 8.20. The van der Waals surface area contributed by atoms with Crippen LogP contribution in [0.1, 0.15) is 48.1 Å². The van der Waals surface area contributed by atoms with Gasteiger partial charge >= 0.3 is 0 Å². The Hall–Kier alpha value is -2.34. The van der Waals surface area contributed by atoms with Gasteiger partial charge in [-0.25, -0.2) is 8.42 Å². The van der Waals surface area contributed by atoms with Gasteiger partial charge in [-0.2, -0.15) is 0 Å². The number of rotatable bonds is 8. The van der Waals surface area contributed by atoms with E-state index in [1.165, 1.54) is 16.1 Å². The van der Waals surface area contributed by atoms with Gasteiger partial charge in [0, 0.05) is 13.0 Å². The molecule has 1 amide bonds. The van der Waals surface area contributed by atoms with Gasteiger partial charge in [0.25, 0.3) is 0 Å². The summed E-state index contributed by atoms with van der Waals surface area (Å²) < 4.78 is 25.8. The minimum absolute atomic E-state index is 0.0780. The fraction of sp³-hybridized carbons (Fsp3) is 0.409. The first-order valence-corrected chi connectivity index (χ1v) is 11.3. The number of nitrogens with one attached hydrogen (secondary N) is 1. The average molecular weight is 403 g/mol. The van der Waals surface area contributed by atoms with Crippen LogP contribution in [-0.2, 0) is 14.8 Å². The molecule has 5 nitrogen and oxygen atoms in total. The normalized spacial score (nSPS) is 12.5. The van der Waals surface area contributed by atoms with Crippen LogP contribution in [0, 0.1) is 20.8 Å². The van der Waals surface area contributed by atoms with Crippen molar-refractivity contribution in [3.05, 3.63) is 64.7 Å². The second-order valence-electron chi connectivity index (χ2n) is 7.37. The third kappa shape index (κ3) is 5.83. The summed E-state index contributed by atoms with van der Waals surface area (Å²) in [4.78, 5) is 12.4. The van der Waals surface area contributed by atoms with Gasteiger partial charge in [-0.05, 0) is 56.9 Å². The summed E-state index contributed by atoms with van der Waals surface area (Å²) in [5, 5.41) is 3.01. The monoisotopic (exact) mass is 402 g/mol. The maximum atomic E-state index is 12.4. The fourth-order valence-electron chi connectivity index (χ4n) is 3.39. The van der Waals surface area contributed by atoms with E-state index >= 15 is 0 Å². The van der Waals surface area contributed by atoms with Gasteiger partial charge in [0.2, 0.25) is 15.9 Å². The zero-order valence-corrected chi connectivity index (χ0v) is 18.1. The number of nitrogens with zero attached hydrogens (tertiary/aromatic N) is 1. The fourth-order valence-corrected chi connectivity index (χ4v) is 4.42. The Morgan fingerprint density at radius 3 is 2.36 bits per heavy atom. The lowest BCUT2D eigenvalue weighted by Crippen LogP contribution is -2.33. The summed E-state index contributed by atoms with van der Waals surface area (Å²) in [6.07, 6.45) is 1.92. The van der Waals surface area contributed by atoms with E-state index in [1.54, 1.807) is 6.07 Å². The van der Waals surface area contributed by atoms with Crippen molar-refractivity contribution in [2.24, 2.45) is 0 Å². The van der Waals surface area contributed by atoms with Crippen molar-refractivity contribution in [2.45, 2.75) is 46.6 Å². The van der Waals surface area contributed by atoms with Gasteiger partial charge < -0.3 is 5.32 Å². The number of benzene rings is 2. The molecule has 0 heterocycles. The number of carbonyl (C=O) groups is 1. The quantitative estimate of drug-likeness (QED) is 0.725. The molecule has 0 aliphatic carbocycles. The predicted octanol–water partition coefficient (Wildman–Crippen LogP) is 4.04. The Morgan fingerprint density at radius 2 is 1.75 bits per heavy atom. The molecule has 0 spiro atoms. The van der Waals surface area contributed by atoms with Crippen LogP contribution in [0.5, 0.6) is 0 Å². The third-order valence-corrected chi connectivity index (χ3v) is 6.00. The molecule has 0 aromatic heterocycles. The summed E-state index contributed by atoms with van der Waals surface area (Å²) in [5.41, 5.74) is 4.99. The molecule has 1 unspecified atom stereocenters. The minimum Gasteiger partial charge on any atom is -0.350 e. The Morgan fingerprint density at radius 1 is 1.07 bits per heavy atom. The molecule has 1 atom stereocenters. The molecule has 6 heteroatoms. The standard InChI is InChI=1S/C22H30N2O3S/c1-16-12-13-20(18(3)15-16)19(4)23-22(25)11-8-14-24(28(5,26)27)21-10-7-6-9-17(21)2/h6-7,9-10,12-13,15,19H,8,11,14H2,1-5H3,(H,23,25). The summed E-state index contributed by atoms with van der Waals surface area (Å²) in [7, 11) is -3.41. The topological polar surface area (TPSA) is 66.5 Å². The summed E-state index contributed by atoms with van der Waals surface area (Å²) in [5.74, 6) is -0.0780. The molecule has 0 aliphatic heterocycles. The van der Waals surface area contributed by atoms with Crippen LogP contribution in [0.25, 0.3) is 0 Å². The van der Waals surface area contributed by atoms with E-state index in [9.17, 15) is 13.2 Å². The van der Waals surface area contributed by atoms with Crippen LogP contribution in [0.2, 0.25) is 0 Å². The van der Waals surface area contributed by atoms with Crippen LogP contribution in [0.3, 0.4) is 0 Å². The first-order valence-electron chi connectivity index (χ1n) is 9.49. The number of carbonyl (C=O) groups excluding carboxylic acids is 1. The molecule has 0 radical (unpaired) electrons. The van der Waals surface area contributed by atoms with Crippen LogP contribution >= 0.6 is 0 Å². The summed E-state index contributed by atoms with van der Waals surface area (Å²) >= 11 is 0. The van der Waals surface area contributed by atoms with Crippen molar-refractivity contribution in [1.29, 1.82) is 0 Å². The van der Waals surface area contributed by atoms with Gasteiger partial charge in [0.05, 0.1) is 18.0 Å². The highest BCUT2D eigenvalue weighted by Crippen LogP contribution is 2.23. The van der Waals surface area contributed by atoms with Gasteiger partial charge in [-0.1, -0.05) is 42.0 Å². The molecule has 152 valence electrons. The Labute approximate surface area is 168 Å². The van der Waals surface area contributed by atoms with Crippen LogP contribution in [-0.4, -0.2) is 27.1 Å². The smallest absolute Gasteiger partial charge is 0.232 e. The first-order chi connectivity index (χ1) is 13.1. The number of amides is 1. The predicted molar refractivity (Wildman–Crippen MR) is 115 cm³/mol. The molecule has 28 heavy (non-hydrogen) atoms. The van der Waals surface area contributed by atoms with Crippen molar-refractivity contribution < 1.29 is 13.2 Å². The zero-order valence-electron chi connectivity index (χ0n) is 17.3. The van der Waals surface area contributed by atoms with Gasteiger partial charge in [0.15, 0.2) is 0 Å². The zero-order chi connectivity index (χ0) is 20.9. The molecule has 1 N–H and O–H groups in total. The largest absolute Gasteiger partial charge is 0.350 e. The molecule has 0 bridgehead atoms. The molecule has 0 saturated heterocycles. The van der Waals surface area contributed by atoms with E-state index in [2.05, 4.69) is 11.4 Å². The molecular weight excluding hydrogens is 372 g/mol. The molecule has 2 rings (SSSR count). The van der Waals surface area contributed by atoms with Crippen LogP contribution in [0.4, 0.5) is 5.69 Å². The van der Waals surface area contributed by atoms with Gasteiger partial charge in [-0.3, -0.25) is 9.10 Å². The number of hydrogen-bond donors (Lipinski definition) is 1. The van der Waals surface area contributed by atoms with E-state index < -0.39 is 10.0 Å². The van der Waals surface area contributed by atoms with E-state index in [-0.39, 0.29) is 24.9 Å². The molecule has 0 fully saturated rings. The van der Waals surface area contributed by atoms with Crippen molar-refractivity contribution in [3.63, 3.8) is 0 Å². The summed E-state index contributed by atoms with van der Waals surface area (Å²) in [6, 6.07) is 13.5. The maximum Gasteiger partial charge on any atom is 0.232 e. The highest BCUT2D eigenvalue weighted by Gasteiger charge is 2.19. The van der Waals surface area contributed by atoms with Gasteiger partial charge in [-0.15, -0.1) is 0 Å². The molecule has 0 aliphatic rings. The third-order valence-electron chi connectivity index (χ3n) is 4.82. The average Bonchev–Trinajstić information content (AvgIpc) is 2.58. The van der Waals surface area contributed by atoms with Crippen molar-refractivity contribution in [2.75, 3.05) is 17.1 Å².